The molecule has 3 heterocycles. The van der Waals surface area contributed by atoms with Crippen LogP contribution >= 0.6 is 0 Å². The zero-order valence-electron chi connectivity index (χ0n) is 24.0. The molecule has 2 saturated carbocycles. The lowest BCUT2D eigenvalue weighted by atomic mass is 9.58. The molecule has 1 N–H and O–H groups in total. The highest BCUT2D eigenvalue weighted by atomic mass is 16.5. The van der Waals surface area contributed by atoms with Crippen LogP contribution in [0.25, 0.3) is 10.8 Å². The van der Waals surface area contributed by atoms with Gasteiger partial charge in [-0.25, -0.2) is 0 Å². The summed E-state index contributed by atoms with van der Waals surface area (Å²) in [6, 6.07) is 9.33. The van der Waals surface area contributed by atoms with E-state index in [-0.39, 0.29) is 22.7 Å². The average molecular weight is 528 g/mol. The molecule has 208 valence electrons. The van der Waals surface area contributed by atoms with Gasteiger partial charge in [-0.15, -0.1) is 0 Å². The van der Waals surface area contributed by atoms with Crippen LogP contribution in [-0.4, -0.2) is 64.1 Å². The molecule has 5 nitrogen and oxygen atoms in total. The van der Waals surface area contributed by atoms with E-state index >= 15 is 0 Å². The van der Waals surface area contributed by atoms with Gasteiger partial charge in [-0.1, -0.05) is 38.1 Å². The van der Waals surface area contributed by atoms with Gasteiger partial charge in [0.2, 0.25) is 0 Å². The second-order valence-corrected chi connectivity index (χ2v) is 13.6. The molecule has 3 aliphatic carbocycles. The zero-order valence-corrected chi connectivity index (χ0v) is 24.0. The summed E-state index contributed by atoms with van der Waals surface area (Å²) in [4.78, 5) is 6.71. The number of nitrogens with zero attached hydrogens (tertiary/aromatic N) is 3. The van der Waals surface area contributed by atoms with Crippen LogP contribution in [-0.2, 0) is 4.74 Å². The van der Waals surface area contributed by atoms with Crippen molar-refractivity contribution < 1.29 is 9.94 Å². The van der Waals surface area contributed by atoms with Gasteiger partial charge < -0.3 is 14.8 Å². The van der Waals surface area contributed by atoms with Gasteiger partial charge in [0.05, 0.1) is 11.2 Å². The van der Waals surface area contributed by atoms with Crippen molar-refractivity contribution >= 4 is 10.8 Å². The summed E-state index contributed by atoms with van der Waals surface area (Å²) < 4.78 is 7.46. The molecule has 0 radical (unpaired) electrons. The molecule has 5 heteroatoms. The minimum absolute atomic E-state index is 0.160. The number of benzene rings is 1. The van der Waals surface area contributed by atoms with Crippen molar-refractivity contribution in [3.8, 4) is 0 Å². The van der Waals surface area contributed by atoms with Crippen molar-refractivity contribution in [3.63, 3.8) is 0 Å². The quantitative estimate of drug-likeness (QED) is 0.398. The number of hydroxylamine groups is 2. The fourth-order valence-electron chi connectivity index (χ4n) is 9.45. The van der Waals surface area contributed by atoms with Crippen molar-refractivity contribution in [2.75, 3.05) is 26.7 Å². The minimum atomic E-state index is -0.193. The van der Waals surface area contributed by atoms with Crippen LogP contribution in [0.3, 0.4) is 0 Å². The van der Waals surface area contributed by atoms with Crippen LogP contribution in [0.15, 0.2) is 60.0 Å². The molecular formula is C34H45N3O2. The molecule has 7 rings (SSSR count). The third-order valence-corrected chi connectivity index (χ3v) is 11.5. The first-order chi connectivity index (χ1) is 18.9. The molecule has 2 spiro atoms. The van der Waals surface area contributed by atoms with E-state index in [9.17, 15) is 5.21 Å². The van der Waals surface area contributed by atoms with Gasteiger partial charge in [-0.2, -0.15) is 5.06 Å². The fourth-order valence-corrected chi connectivity index (χ4v) is 9.45. The number of ether oxygens (including phenoxy) is 1. The highest BCUT2D eigenvalue weighted by Gasteiger charge is 2.66. The average Bonchev–Trinajstić information content (AvgIpc) is 3.46. The molecule has 6 atom stereocenters. The summed E-state index contributed by atoms with van der Waals surface area (Å²) in [5.41, 5.74) is 4.27. The van der Waals surface area contributed by atoms with Gasteiger partial charge in [0.25, 0.3) is 0 Å². The smallest absolute Gasteiger partial charge is 0.0974 e. The second-order valence-electron chi connectivity index (χ2n) is 13.6. The number of aromatic nitrogens is 1. The Bertz CT molecular complexity index is 1320. The Morgan fingerprint density at radius 3 is 2.85 bits per heavy atom. The molecule has 3 fully saturated rings. The van der Waals surface area contributed by atoms with E-state index < -0.39 is 0 Å². The maximum absolute atomic E-state index is 11.1. The van der Waals surface area contributed by atoms with E-state index in [0.29, 0.717) is 18.4 Å². The van der Waals surface area contributed by atoms with Gasteiger partial charge in [0.1, 0.15) is 0 Å². The summed E-state index contributed by atoms with van der Waals surface area (Å²) >= 11 is 0. The molecule has 2 aromatic rings. The van der Waals surface area contributed by atoms with Crippen molar-refractivity contribution in [1.82, 2.24) is 14.9 Å². The lowest BCUT2D eigenvalue weighted by Crippen LogP contribution is -2.55. The molecule has 0 unspecified atom stereocenters. The lowest BCUT2D eigenvalue weighted by molar-refractivity contribution is -0.178. The Hall–Kier alpha value is -2.05. The number of hydrogen-bond acceptors (Lipinski definition) is 5. The summed E-state index contributed by atoms with van der Waals surface area (Å²) in [6.45, 7) is 7.44. The Morgan fingerprint density at radius 1 is 1.08 bits per heavy atom. The number of hydrogen-bond donors (Lipinski definition) is 1. The monoisotopic (exact) mass is 527 g/mol. The lowest BCUT2D eigenvalue weighted by Gasteiger charge is -2.54. The Morgan fingerprint density at radius 2 is 1.97 bits per heavy atom. The largest absolute Gasteiger partial charge is 0.359 e. The molecule has 0 amide bonds. The van der Waals surface area contributed by atoms with Crippen molar-refractivity contribution in [2.24, 2.45) is 11.3 Å². The number of fused-ring (bicyclic) bond motifs is 2. The highest BCUT2D eigenvalue weighted by molar-refractivity contribution is 5.82. The van der Waals surface area contributed by atoms with Gasteiger partial charge >= 0.3 is 0 Å². The van der Waals surface area contributed by atoms with Gasteiger partial charge in [0, 0.05) is 36.9 Å². The molecule has 1 saturated heterocycles. The number of allylic oxidation sites excluding steroid dienone is 1. The first kappa shape index (κ1) is 25.9. The van der Waals surface area contributed by atoms with Gasteiger partial charge in [0.15, 0.2) is 0 Å². The van der Waals surface area contributed by atoms with Crippen molar-refractivity contribution in [2.45, 2.75) is 94.8 Å². The number of rotatable bonds is 7. The highest BCUT2D eigenvalue weighted by Crippen LogP contribution is 2.69. The molecule has 5 aliphatic rings. The molecular weight excluding hydrogens is 482 g/mol. The van der Waals surface area contributed by atoms with Crippen LogP contribution in [0.5, 0.6) is 0 Å². The molecule has 1 aromatic carbocycles. The summed E-state index contributed by atoms with van der Waals surface area (Å²) in [5, 5.41) is 15.2. The summed E-state index contributed by atoms with van der Waals surface area (Å²) in [6.07, 6.45) is 18.9. The third-order valence-electron chi connectivity index (χ3n) is 11.5. The molecule has 1 aromatic heterocycles. The summed E-state index contributed by atoms with van der Waals surface area (Å²) in [7, 11) is 2.15. The molecule has 2 bridgehead atoms. The van der Waals surface area contributed by atoms with Crippen LogP contribution in [0.4, 0.5) is 0 Å². The second kappa shape index (κ2) is 9.51. The molecule has 39 heavy (non-hydrogen) atoms. The van der Waals surface area contributed by atoms with Crippen molar-refractivity contribution in [1.29, 1.82) is 0 Å². The number of likely N-dealkylation sites (N-methyl/N-ethyl adjacent to an activating group) is 1. The first-order valence-corrected chi connectivity index (χ1v) is 15.5. The minimum Gasteiger partial charge on any atom is -0.359 e. The van der Waals surface area contributed by atoms with E-state index in [0.717, 1.165) is 58.0 Å². The maximum Gasteiger partial charge on any atom is 0.0974 e. The Labute approximate surface area is 233 Å². The maximum atomic E-state index is 11.1. The van der Waals surface area contributed by atoms with Crippen molar-refractivity contribution in [3.05, 3.63) is 65.5 Å². The zero-order chi connectivity index (χ0) is 26.8. The van der Waals surface area contributed by atoms with Crippen LogP contribution < -0.4 is 0 Å². The third kappa shape index (κ3) is 3.99. The van der Waals surface area contributed by atoms with Crippen LogP contribution in [0.2, 0.25) is 0 Å². The van der Waals surface area contributed by atoms with E-state index in [4.69, 9.17) is 4.74 Å². The predicted octanol–water partition coefficient (Wildman–Crippen LogP) is 6.88. The topological polar surface area (TPSA) is 48.8 Å². The fraction of sp³-hybridized carbons (Fsp3) is 0.618. The predicted molar refractivity (Wildman–Crippen MR) is 156 cm³/mol. The van der Waals surface area contributed by atoms with Gasteiger partial charge in [-0.05, 0) is 123 Å². The Kier molecular flexibility index (Phi) is 6.31. The van der Waals surface area contributed by atoms with Crippen LogP contribution in [0, 0.1) is 11.3 Å². The summed E-state index contributed by atoms with van der Waals surface area (Å²) in [5.74, 6) is 1.07. The molecule has 2 aliphatic heterocycles. The van der Waals surface area contributed by atoms with Gasteiger partial charge in [-0.3, -0.25) is 4.98 Å². The SMILES string of the molecule is CCCN(C)CCN(O)[C@H]1CCC2=CC3=CC[C@]4(C)[C@@H](c5ccc6ccncc6c5)CC[C@H]4[C@@]34CC[C@]2(C1)O4. The standard InChI is InChI=1S/C34H45N3O2/c1-4-17-36(3)18-19-37(38)29-8-7-27-21-28-11-13-32(2)30(25-6-5-24-12-16-35-23-26(24)20-25)9-10-31(32)34(28)15-14-33(27,22-29)39-34/h5-6,11-12,16,20-21,23,29-31,38H,4,7-10,13-15,17-19,22H2,1-3H3/t29-,30+,31+,32+,33+,34+/m0/s1. The number of pyridine rings is 1. The van der Waals surface area contributed by atoms with E-state index in [2.05, 4.69) is 67.2 Å². The van der Waals surface area contributed by atoms with E-state index in [1.165, 1.54) is 40.3 Å². The first-order valence-electron chi connectivity index (χ1n) is 15.5. The van der Waals surface area contributed by atoms with Crippen LogP contribution in [0.1, 0.15) is 83.1 Å². The van der Waals surface area contributed by atoms with E-state index in [1.807, 2.05) is 12.4 Å². The normalized spacial score (nSPS) is 37.0. The Balaban J connectivity index is 1.14. The van der Waals surface area contributed by atoms with E-state index in [1.54, 1.807) is 5.06 Å².